The second kappa shape index (κ2) is 10.1. The zero-order valence-electron chi connectivity index (χ0n) is 4.61. The Kier molecular flexibility index (Phi) is 15.7. The van der Waals surface area contributed by atoms with Crippen LogP contribution in [-0.2, 0) is 0 Å². The smallest absolute Gasteiger partial charge is 0.0223 e. The molecule has 7 heavy (non-hydrogen) atoms. The largest absolute Gasteiger partial charge is 0.127 e. The van der Waals surface area contributed by atoms with Gasteiger partial charge in [-0.25, -0.2) is 0 Å². The third-order valence-electron chi connectivity index (χ3n) is 0.737. The maximum atomic E-state index is 5.38. The highest BCUT2D eigenvalue weighted by Crippen LogP contribution is 1.93. The zero-order valence-corrected chi connectivity index (χ0v) is 7.70. The van der Waals surface area contributed by atoms with Crippen LogP contribution in [0.4, 0.5) is 0 Å². The van der Waals surface area contributed by atoms with Gasteiger partial charge in [-0.3, -0.25) is 0 Å². The van der Waals surface area contributed by atoms with Gasteiger partial charge < -0.3 is 0 Å². The Morgan fingerprint density at radius 3 is 2.00 bits per heavy atom. The Hall–Kier alpha value is 1.02. The van der Waals surface area contributed by atoms with Crippen molar-refractivity contribution in [2.45, 2.75) is 26.2 Å². The van der Waals surface area contributed by atoms with E-state index in [0.717, 1.165) is 5.88 Å². The second-order valence-corrected chi connectivity index (χ2v) is 1.77. The first-order valence-corrected chi connectivity index (χ1v) is 3.01. The van der Waals surface area contributed by atoms with Gasteiger partial charge in [0, 0.05) is 5.88 Å². The molecule has 0 unspecified atom stereocenters. The summed E-state index contributed by atoms with van der Waals surface area (Å²) in [5.74, 6) is 0.827. The van der Waals surface area contributed by atoms with E-state index >= 15 is 0 Å². The van der Waals surface area contributed by atoms with Crippen LogP contribution in [0.3, 0.4) is 0 Å². The van der Waals surface area contributed by atoms with Crippen molar-refractivity contribution in [1.29, 1.82) is 0 Å². The summed E-state index contributed by atoms with van der Waals surface area (Å²) in [6.07, 6.45) is 3.73. The van der Waals surface area contributed by atoms with E-state index in [4.69, 9.17) is 11.6 Å². The fourth-order valence-electron chi connectivity index (χ4n) is 0.344. The second-order valence-electron chi connectivity index (χ2n) is 1.40. The molecule has 0 fully saturated rings. The van der Waals surface area contributed by atoms with Crippen molar-refractivity contribution in [3.05, 3.63) is 0 Å². The summed E-state index contributed by atoms with van der Waals surface area (Å²) < 4.78 is 0. The zero-order chi connectivity index (χ0) is 4.83. The molecule has 0 aliphatic carbocycles. The summed E-state index contributed by atoms with van der Waals surface area (Å²) in [5, 5.41) is 0. The molecule has 0 aromatic heterocycles. The fourth-order valence-corrected chi connectivity index (χ4v) is 0.533. The molecule has 0 amide bonds. The molecule has 0 rings (SSSR count). The predicted octanol–water partition coefficient (Wildman–Crippen LogP) is 3.03. The van der Waals surface area contributed by atoms with Gasteiger partial charge in [0.25, 0.3) is 0 Å². The van der Waals surface area contributed by atoms with E-state index in [1.165, 1.54) is 19.3 Å². The van der Waals surface area contributed by atoms with Crippen LogP contribution in [-0.4, -0.2) is 5.88 Å². The Bertz CT molecular complexity index is 20.0. The minimum atomic E-state index is 0. The molecule has 0 bridgehead atoms. The first-order valence-electron chi connectivity index (χ1n) is 2.47. The summed E-state index contributed by atoms with van der Waals surface area (Å²) in [6, 6.07) is 0. The van der Waals surface area contributed by atoms with Crippen LogP contribution in [0.5, 0.6) is 0 Å². The molecule has 0 saturated heterocycles. The summed E-state index contributed by atoms with van der Waals surface area (Å²) in [7, 11) is 0. The lowest BCUT2D eigenvalue weighted by Crippen LogP contribution is -1.70. The van der Waals surface area contributed by atoms with Gasteiger partial charge in [-0.15, -0.1) is 35.6 Å². The SMILES string of the molecule is CCCCCCl.I. The van der Waals surface area contributed by atoms with Crippen LogP contribution in [0.1, 0.15) is 26.2 Å². The molecule has 0 nitrogen and oxygen atoms in total. The monoisotopic (exact) mass is 234 g/mol. The van der Waals surface area contributed by atoms with Crippen molar-refractivity contribution in [1.82, 2.24) is 0 Å². The van der Waals surface area contributed by atoms with Crippen LogP contribution in [0.2, 0.25) is 0 Å². The van der Waals surface area contributed by atoms with Crippen molar-refractivity contribution in [2.24, 2.45) is 0 Å². The average molecular weight is 235 g/mol. The van der Waals surface area contributed by atoms with Crippen molar-refractivity contribution < 1.29 is 0 Å². The third-order valence-corrected chi connectivity index (χ3v) is 1.00. The highest BCUT2D eigenvalue weighted by molar-refractivity contribution is 14.0. The lowest BCUT2D eigenvalue weighted by Gasteiger charge is -1.84. The molecule has 0 aliphatic rings. The number of hydrogen-bond donors (Lipinski definition) is 0. The van der Waals surface area contributed by atoms with Gasteiger partial charge in [0.2, 0.25) is 0 Å². The van der Waals surface area contributed by atoms with E-state index in [2.05, 4.69) is 6.92 Å². The molecule has 0 aromatic carbocycles. The molecule has 0 N–H and O–H groups in total. The van der Waals surface area contributed by atoms with Crippen LogP contribution in [0, 0.1) is 0 Å². The lowest BCUT2D eigenvalue weighted by molar-refractivity contribution is 0.776. The van der Waals surface area contributed by atoms with Crippen molar-refractivity contribution in [3.8, 4) is 0 Å². The number of hydrogen-bond acceptors (Lipinski definition) is 0. The number of unbranched alkanes of at least 4 members (excludes halogenated alkanes) is 2. The lowest BCUT2D eigenvalue weighted by atomic mass is 10.3. The van der Waals surface area contributed by atoms with E-state index in [-0.39, 0.29) is 24.0 Å². The van der Waals surface area contributed by atoms with Crippen LogP contribution in [0.25, 0.3) is 0 Å². The van der Waals surface area contributed by atoms with Crippen molar-refractivity contribution in [3.63, 3.8) is 0 Å². The third kappa shape index (κ3) is 10.9. The topological polar surface area (TPSA) is 0 Å². The van der Waals surface area contributed by atoms with Gasteiger partial charge >= 0.3 is 0 Å². The van der Waals surface area contributed by atoms with Crippen LogP contribution in [0.15, 0.2) is 0 Å². The molecule has 46 valence electrons. The first-order chi connectivity index (χ1) is 2.91. The van der Waals surface area contributed by atoms with Crippen molar-refractivity contribution >= 4 is 35.6 Å². The van der Waals surface area contributed by atoms with Gasteiger partial charge in [0.05, 0.1) is 0 Å². The van der Waals surface area contributed by atoms with Crippen molar-refractivity contribution in [2.75, 3.05) is 5.88 Å². The molecule has 0 atom stereocenters. The highest BCUT2D eigenvalue weighted by atomic mass is 127. The average Bonchev–Trinajstić information content (AvgIpc) is 1.61. The van der Waals surface area contributed by atoms with Gasteiger partial charge in [-0.05, 0) is 6.42 Å². The Labute approximate surface area is 67.6 Å². The van der Waals surface area contributed by atoms with E-state index < -0.39 is 0 Å². The number of halogens is 2. The molecule has 0 spiro atoms. The molecular weight excluding hydrogens is 222 g/mol. The normalized spacial score (nSPS) is 7.71. The highest BCUT2D eigenvalue weighted by Gasteiger charge is 1.76. The molecular formula is C5H12ClI. The Balaban J connectivity index is 0. The summed E-state index contributed by atoms with van der Waals surface area (Å²) >= 11 is 5.38. The first kappa shape index (κ1) is 10.9. The molecule has 2 heteroatoms. The van der Waals surface area contributed by atoms with E-state index in [0.29, 0.717) is 0 Å². The maximum Gasteiger partial charge on any atom is 0.0223 e. The quantitative estimate of drug-likeness (QED) is 0.400. The standard InChI is InChI=1S/C5H11Cl.HI/c1-2-3-4-5-6;/h2-5H2,1H3;1H. The van der Waals surface area contributed by atoms with Crippen LogP contribution >= 0.6 is 35.6 Å². The summed E-state index contributed by atoms with van der Waals surface area (Å²) in [6.45, 7) is 2.17. The maximum absolute atomic E-state index is 5.38. The van der Waals surface area contributed by atoms with E-state index in [1.54, 1.807) is 0 Å². The van der Waals surface area contributed by atoms with E-state index in [9.17, 15) is 0 Å². The van der Waals surface area contributed by atoms with Gasteiger partial charge in [-0.2, -0.15) is 0 Å². The molecule has 0 aliphatic heterocycles. The van der Waals surface area contributed by atoms with Gasteiger partial charge in [0.15, 0.2) is 0 Å². The summed E-state index contributed by atoms with van der Waals surface area (Å²) in [4.78, 5) is 0. The Morgan fingerprint density at radius 2 is 1.86 bits per heavy atom. The molecule has 0 heterocycles. The molecule has 0 saturated carbocycles. The fraction of sp³-hybridized carbons (Fsp3) is 1.00. The Morgan fingerprint density at radius 1 is 1.29 bits per heavy atom. The van der Waals surface area contributed by atoms with E-state index in [1.807, 2.05) is 0 Å². The summed E-state index contributed by atoms with van der Waals surface area (Å²) in [5.41, 5.74) is 0. The number of alkyl halides is 1. The minimum absolute atomic E-state index is 0. The predicted molar refractivity (Wildman–Crippen MR) is 45.7 cm³/mol. The van der Waals surface area contributed by atoms with Gasteiger partial charge in [0.1, 0.15) is 0 Å². The number of rotatable bonds is 3. The molecule has 0 radical (unpaired) electrons. The minimum Gasteiger partial charge on any atom is -0.127 e. The van der Waals surface area contributed by atoms with Gasteiger partial charge in [-0.1, -0.05) is 19.8 Å². The van der Waals surface area contributed by atoms with Crippen LogP contribution < -0.4 is 0 Å². The molecule has 0 aromatic rings.